The fourth-order valence-electron chi connectivity index (χ4n) is 1.43. The van der Waals surface area contributed by atoms with Crippen molar-refractivity contribution in [3.63, 3.8) is 0 Å². The van der Waals surface area contributed by atoms with Crippen LogP contribution in [0.3, 0.4) is 0 Å². The first kappa shape index (κ1) is 9.12. The van der Waals surface area contributed by atoms with Gasteiger partial charge in [-0.3, -0.25) is 0 Å². The number of nitrogens with zero attached hydrogens (tertiary/aromatic N) is 3. The van der Waals surface area contributed by atoms with Crippen LogP contribution in [0, 0.1) is 5.41 Å². The van der Waals surface area contributed by atoms with Gasteiger partial charge in [-0.2, -0.15) is 0 Å². The highest BCUT2D eigenvalue weighted by Crippen LogP contribution is 2.21. The monoisotopic (exact) mass is 191 g/mol. The van der Waals surface area contributed by atoms with Crippen molar-refractivity contribution in [1.29, 1.82) is 0 Å². The zero-order valence-electron chi connectivity index (χ0n) is 8.61. The maximum atomic E-state index is 4.95. The summed E-state index contributed by atoms with van der Waals surface area (Å²) in [7, 11) is 0. The van der Waals surface area contributed by atoms with Crippen molar-refractivity contribution in [3.05, 3.63) is 17.8 Å². The second kappa shape index (κ2) is 3.04. The summed E-state index contributed by atoms with van der Waals surface area (Å²) >= 11 is 0. The van der Waals surface area contributed by atoms with Crippen LogP contribution in [-0.4, -0.2) is 15.4 Å². The maximum absolute atomic E-state index is 4.95. The summed E-state index contributed by atoms with van der Waals surface area (Å²) in [6, 6.07) is 1.95. The minimum atomic E-state index is 0.253. The number of pyridine rings is 1. The van der Waals surface area contributed by atoms with Gasteiger partial charge in [0.15, 0.2) is 0 Å². The molecule has 2 rings (SSSR count). The van der Waals surface area contributed by atoms with Crippen LogP contribution in [0.4, 0.5) is 0 Å². The van der Waals surface area contributed by atoms with Gasteiger partial charge in [0.2, 0.25) is 11.2 Å². The van der Waals surface area contributed by atoms with Gasteiger partial charge in [-0.25, -0.2) is 4.98 Å². The van der Waals surface area contributed by atoms with E-state index in [0.717, 1.165) is 12.0 Å². The van der Waals surface area contributed by atoms with Crippen molar-refractivity contribution in [1.82, 2.24) is 15.4 Å². The molecule has 0 aliphatic heterocycles. The van der Waals surface area contributed by atoms with Gasteiger partial charge < -0.3 is 4.52 Å². The van der Waals surface area contributed by atoms with Gasteiger partial charge in [0.25, 0.3) is 0 Å². The second-order valence-corrected chi connectivity index (χ2v) is 4.68. The molecule has 4 nitrogen and oxygen atoms in total. The molecule has 0 fully saturated rings. The van der Waals surface area contributed by atoms with Crippen LogP contribution >= 0.6 is 0 Å². The molecule has 4 heteroatoms. The Morgan fingerprint density at radius 1 is 1.36 bits per heavy atom. The number of hydrogen-bond acceptors (Lipinski definition) is 4. The minimum Gasteiger partial charge on any atom is -0.335 e. The topological polar surface area (TPSA) is 51.8 Å². The Balaban J connectivity index is 2.35. The lowest BCUT2D eigenvalue weighted by Crippen LogP contribution is -2.09. The molecule has 2 aromatic heterocycles. The molecule has 2 heterocycles. The van der Waals surface area contributed by atoms with Crippen LogP contribution in [0.2, 0.25) is 0 Å². The van der Waals surface area contributed by atoms with Crippen molar-refractivity contribution in [2.24, 2.45) is 5.41 Å². The Morgan fingerprint density at radius 2 is 2.14 bits per heavy atom. The van der Waals surface area contributed by atoms with E-state index in [9.17, 15) is 0 Å². The maximum Gasteiger partial charge on any atom is 0.223 e. The SMILES string of the molecule is CC(C)(C)Cc1cnc2nnoc2c1. The minimum absolute atomic E-state index is 0.253. The molecule has 14 heavy (non-hydrogen) atoms. The molecular formula is C10H13N3O. The third kappa shape index (κ3) is 1.89. The predicted octanol–water partition coefficient (Wildman–Crippen LogP) is 2.21. The van der Waals surface area contributed by atoms with Gasteiger partial charge in [0.1, 0.15) is 0 Å². The number of hydrogen-bond donors (Lipinski definition) is 0. The second-order valence-electron chi connectivity index (χ2n) is 4.68. The van der Waals surface area contributed by atoms with Gasteiger partial charge in [0.05, 0.1) is 0 Å². The third-order valence-electron chi connectivity index (χ3n) is 1.90. The highest BCUT2D eigenvalue weighted by molar-refractivity contribution is 5.66. The lowest BCUT2D eigenvalue weighted by molar-refractivity contribution is 0.408. The highest BCUT2D eigenvalue weighted by Gasteiger charge is 2.12. The summed E-state index contributed by atoms with van der Waals surface area (Å²) < 4.78 is 4.95. The van der Waals surface area contributed by atoms with E-state index >= 15 is 0 Å². The molecule has 0 bridgehead atoms. The third-order valence-corrected chi connectivity index (χ3v) is 1.90. The fourth-order valence-corrected chi connectivity index (χ4v) is 1.43. The number of fused-ring (bicyclic) bond motifs is 1. The van der Waals surface area contributed by atoms with Crippen LogP contribution in [0.25, 0.3) is 11.2 Å². The molecule has 0 radical (unpaired) electrons. The molecule has 0 aliphatic rings. The summed E-state index contributed by atoms with van der Waals surface area (Å²) in [5, 5.41) is 7.18. The molecule has 2 aromatic rings. The lowest BCUT2D eigenvalue weighted by Gasteiger charge is -2.17. The first-order valence-electron chi connectivity index (χ1n) is 4.62. The predicted molar refractivity (Wildman–Crippen MR) is 52.8 cm³/mol. The van der Waals surface area contributed by atoms with Crippen molar-refractivity contribution in [2.45, 2.75) is 27.2 Å². The molecule has 0 atom stereocenters. The van der Waals surface area contributed by atoms with E-state index in [-0.39, 0.29) is 5.41 Å². The molecule has 0 N–H and O–H groups in total. The molecule has 0 aromatic carbocycles. The summed E-state index contributed by atoms with van der Waals surface area (Å²) in [6.07, 6.45) is 2.80. The summed E-state index contributed by atoms with van der Waals surface area (Å²) in [6.45, 7) is 6.57. The molecule has 0 amide bonds. The summed E-state index contributed by atoms with van der Waals surface area (Å²) in [5.41, 5.74) is 2.64. The molecule has 0 saturated heterocycles. The lowest BCUT2D eigenvalue weighted by atomic mass is 9.89. The van der Waals surface area contributed by atoms with Crippen LogP contribution in [0.15, 0.2) is 16.8 Å². The van der Waals surface area contributed by atoms with Gasteiger partial charge >= 0.3 is 0 Å². The van der Waals surface area contributed by atoms with Crippen LogP contribution in [0.1, 0.15) is 26.3 Å². The van der Waals surface area contributed by atoms with E-state index < -0.39 is 0 Å². The normalized spacial score (nSPS) is 12.2. The van der Waals surface area contributed by atoms with Gasteiger partial charge in [-0.05, 0) is 23.5 Å². The Labute approximate surface area is 82.3 Å². The zero-order valence-corrected chi connectivity index (χ0v) is 8.61. The van der Waals surface area contributed by atoms with Crippen molar-refractivity contribution < 1.29 is 4.52 Å². The summed E-state index contributed by atoms with van der Waals surface area (Å²) in [4.78, 5) is 4.16. The van der Waals surface area contributed by atoms with Gasteiger partial charge in [-0.15, -0.1) is 0 Å². The Morgan fingerprint density at radius 3 is 2.86 bits per heavy atom. The first-order valence-corrected chi connectivity index (χ1v) is 4.62. The number of rotatable bonds is 1. The average molecular weight is 191 g/mol. The van der Waals surface area contributed by atoms with E-state index in [0.29, 0.717) is 11.2 Å². The van der Waals surface area contributed by atoms with Crippen LogP contribution < -0.4 is 0 Å². The molecule has 74 valence electrons. The van der Waals surface area contributed by atoms with E-state index in [1.807, 2.05) is 12.3 Å². The smallest absolute Gasteiger partial charge is 0.223 e. The molecule has 0 aliphatic carbocycles. The Bertz CT molecular complexity index is 442. The molecule has 0 saturated carbocycles. The molecule has 0 unspecified atom stereocenters. The van der Waals surface area contributed by atoms with Crippen molar-refractivity contribution in [3.8, 4) is 0 Å². The van der Waals surface area contributed by atoms with E-state index in [1.165, 1.54) is 0 Å². The van der Waals surface area contributed by atoms with Gasteiger partial charge in [0, 0.05) is 11.5 Å². The molecular weight excluding hydrogens is 178 g/mol. The van der Waals surface area contributed by atoms with E-state index in [2.05, 4.69) is 36.1 Å². The first-order chi connectivity index (χ1) is 6.54. The Kier molecular flexibility index (Phi) is 1.98. The molecule has 0 spiro atoms. The quantitative estimate of drug-likeness (QED) is 0.693. The largest absolute Gasteiger partial charge is 0.335 e. The fraction of sp³-hybridized carbons (Fsp3) is 0.500. The van der Waals surface area contributed by atoms with Crippen LogP contribution in [-0.2, 0) is 6.42 Å². The summed E-state index contributed by atoms with van der Waals surface area (Å²) in [5.74, 6) is 0. The van der Waals surface area contributed by atoms with Crippen molar-refractivity contribution in [2.75, 3.05) is 0 Å². The van der Waals surface area contributed by atoms with Crippen molar-refractivity contribution >= 4 is 11.2 Å². The number of aromatic nitrogens is 3. The van der Waals surface area contributed by atoms with Gasteiger partial charge in [-0.1, -0.05) is 25.9 Å². The van der Waals surface area contributed by atoms with E-state index in [1.54, 1.807) is 0 Å². The standard InChI is InChI=1S/C10H13N3O/c1-10(2,3)5-7-4-8-9(11-6-7)12-13-14-8/h4,6H,5H2,1-3H3. The van der Waals surface area contributed by atoms with Crippen LogP contribution in [0.5, 0.6) is 0 Å². The zero-order chi connectivity index (χ0) is 10.2. The average Bonchev–Trinajstić information content (AvgIpc) is 2.47. The Hall–Kier alpha value is -1.45. The van der Waals surface area contributed by atoms with E-state index in [4.69, 9.17) is 4.52 Å². The highest BCUT2D eigenvalue weighted by atomic mass is 16.5.